The van der Waals surface area contributed by atoms with E-state index in [9.17, 15) is 0 Å². The molecular weight excluding hydrogens is 496 g/mol. The maximum absolute atomic E-state index is 6.76. The summed E-state index contributed by atoms with van der Waals surface area (Å²) in [5.41, 5.74) is 8.36. The van der Waals surface area contributed by atoms with E-state index in [4.69, 9.17) is 16.3 Å². The van der Waals surface area contributed by atoms with Crippen LogP contribution >= 0.6 is 11.6 Å². The molecule has 0 unspecified atom stereocenters. The summed E-state index contributed by atoms with van der Waals surface area (Å²) in [6, 6.07) is 32.4. The standard InChI is InChI=1S/C37H43ClO/c1-3-5-7-8-9-11-27-39-35-24-21-33(22-25-35)36-26-23-34(28-37(36)38)32-19-17-31(18-20-32)30-15-13-29(14-16-30)12-10-6-4-2/h13-26,28H,3-12,27H2,1-2H3. The summed E-state index contributed by atoms with van der Waals surface area (Å²) >= 11 is 6.76. The van der Waals surface area contributed by atoms with Crippen LogP contribution in [0.5, 0.6) is 5.75 Å². The Bertz CT molecular complexity index is 1260. The summed E-state index contributed by atoms with van der Waals surface area (Å²) < 4.78 is 5.94. The van der Waals surface area contributed by atoms with E-state index in [2.05, 4.69) is 92.7 Å². The molecule has 0 saturated carbocycles. The largest absolute Gasteiger partial charge is 0.494 e. The fraction of sp³-hybridized carbons (Fsp3) is 0.351. The molecule has 0 aliphatic rings. The molecular formula is C37H43ClO. The van der Waals surface area contributed by atoms with E-state index in [1.807, 2.05) is 12.1 Å². The van der Waals surface area contributed by atoms with Crippen molar-refractivity contribution in [2.75, 3.05) is 6.61 Å². The fourth-order valence-electron chi connectivity index (χ4n) is 5.03. The molecule has 204 valence electrons. The molecule has 0 N–H and O–H groups in total. The molecule has 0 aliphatic carbocycles. The van der Waals surface area contributed by atoms with Crippen molar-refractivity contribution < 1.29 is 4.74 Å². The minimum atomic E-state index is 0.760. The van der Waals surface area contributed by atoms with Gasteiger partial charge >= 0.3 is 0 Å². The average molecular weight is 539 g/mol. The quantitative estimate of drug-likeness (QED) is 0.137. The third kappa shape index (κ3) is 8.73. The Morgan fingerprint density at radius 1 is 0.513 bits per heavy atom. The zero-order valence-electron chi connectivity index (χ0n) is 23.7. The summed E-state index contributed by atoms with van der Waals surface area (Å²) in [6.45, 7) is 5.29. The second-order valence-electron chi connectivity index (χ2n) is 10.6. The van der Waals surface area contributed by atoms with Gasteiger partial charge < -0.3 is 4.74 Å². The third-order valence-electron chi connectivity index (χ3n) is 7.48. The summed E-state index contributed by atoms with van der Waals surface area (Å²) in [6.07, 6.45) is 12.6. The van der Waals surface area contributed by atoms with Crippen LogP contribution in [0.15, 0.2) is 91.0 Å². The van der Waals surface area contributed by atoms with Crippen LogP contribution in [0.2, 0.25) is 5.02 Å². The van der Waals surface area contributed by atoms with E-state index in [1.54, 1.807) is 0 Å². The Morgan fingerprint density at radius 2 is 1.03 bits per heavy atom. The molecule has 4 aromatic rings. The van der Waals surface area contributed by atoms with Gasteiger partial charge in [-0.2, -0.15) is 0 Å². The molecule has 4 rings (SSSR count). The van der Waals surface area contributed by atoms with Crippen molar-refractivity contribution in [2.45, 2.75) is 78.1 Å². The molecule has 0 bridgehead atoms. The smallest absolute Gasteiger partial charge is 0.119 e. The first-order valence-electron chi connectivity index (χ1n) is 14.9. The van der Waals surface area contributed by atoms with Crippen LogP contribution in [0, 0.1) is 0 Å². The lowest BCUT2D eigenvalue weighted by Crippen LogP contribution is -1.97. The maximum atomic E-state index is 6.76. The summed E-state index contributed by atoms with van der Waals surface area (Å²) in [5.74, 6) is 0.922. The first-order valence-corrected chi connectivity index (χ1v) is 15.3. The Labute approximate surface area is 241 Å². The van der Waals surface area contributed by atoms with Crippen molar-refractivity contribution in [3.8, 4) is 39.1 Å². The van der Waals surface area contributed by atoms with Crippen LogP contribution in [-0.2, 0) is 6.42 Å². The third-order valence-corrected chi connectivity index (χ3v) is 7.79. The first-order chi connectivity index (χ1) is 19.2. The average Bonchev–Trinajstić information content (AvgIpc) is 2.98. The molecule has 0 atom stereocenters. The second kappa shape index (κ2) is 15.5. The van der Waals surface area contributed by atoms with Gasteiger partial charge in [-0.1, -0.05) is 143 Å². The molecule has 0 aromatic heterocycles. The predicted octanol–water partition coefficient (Wildman–Crippen LogP) is 11.8. The van der Waals surface area contributed by atoms with Gasteiger partial charge in [0.1, 0.15) is 5.75 Å². The van der Waals surface area contributed by atoms with Crippen molar-refractivity contribution in [1.29, 1.82) is 0 Å². The number of unbranched alkanes of at least 4 members (excludes halogenated alkanes) is 7. The lowest BCUT2D eigenvalue weighted by Gasteiger charge is -2.11. The van der Waals surface area contributed by atoms with Crippen LogP contribution < -0.4 is 4.74 Å². The summed E-state index contributed by atoms with van der Waals surface area (Å²) in [7, 11) is 0. The highest BCUT2D eigenvalue weighted by Gasteiger charge is 2.08. The number of benzene rings is 4. The molecule has 0 heterocycles. The van der Waals surface area contributed by atoms with Crippen molar-refractivity contribution in [3.05, 3.63) is 102 Å². The van der Waals surface area contributed by atoms with Crippen LogP contribution in [0.3, 0.4) is 0 Å². The van der Waals surface area contributed by atoms with Gasteiger partial charge in [0.15, 0.2) is 0 Å². The Hall–Kier alpha value is -3.03. The zero-order valence-corrected chi connectivity index (χ0v) is 24.5. The van der Waals surface area contributed by atoms with Gasteiger partial charge in [-0.15, -0.1) is 0 Å². The van der Waals surface area contributed by atoms with Gasteiger partial charge in [-0.05, 0) is 70.8 Å². The van der Waals surface area contributed by atoms with Crippen molar-refractivity contribution in [2.24, 2.45) is 0 Å². The van der Waals surface area contributed by atoms with Gasteiger partial charge in [0.25, 0.3) is 0 Å². The Balaban J connectivity index is 1.34. The molecule has 4 aromatic carbocycles. The van der Waals surface area contributed by atoms with Gasteiger partial charge in [-0.25, -0.2) is 0 Å². The summed E-state index contributed by atoms with van der Waals surface area (Å²) in [5, 5.41) is 0.760. The second-order valence-corrected chi connectivity index (χ2v) is 11.0. The van der Waals surface area contributed by atoms with Crippen molar-refractivity contribution in [3.63, 3.8) is 0 Å². The van der Waals surface area contributed by atoms with Gasteiger partial charge in [0.2, 0.25) is 0 Å². The number of ether oxygens (including phenoxy) is 1. The number of aryl methyl sites for hydroxylation is 1. The topological polar surface area (TPSA) is 9.23 Å². The highest BCUT2D eigenvalue weighted by Crippen LogP contribution is 2.34. The predicted molar refractivity (Wildman–Crippen MR) is 170 cm³/mol. The van der Waals surface area contributed by atoms with E-state index < -0.39 is 0 Å². The minimum Gasteiger partial charge on any atom is -0.494 e. The van der Waals surface area contributed by atoms with E-state index in [-0.39, 0.29) is 0 Å². The Kier molecular flexibility index (Phi) is 11.5. The van der Waals surface area contributed by atoms with E-state index in [0.29, 0.717) is 0 Å². The summed E-state index contributed by atoms with van der Waals surface area (Å²) in [4.78, 5) is 0. The lowest BCUT2D eigenvalue weighted by molar-refractivity contribution is 0.304. The van der Waals surface area contributed by atoms with Gasteiger partial charge in [-0.3, -0.25) is 0 Å². The van der Waals surface area contributed by atoms with E-state index >= 15 is 0 Å². The maximum Gasteiger partial charge on any atom is 0.119 e. The number of hydrogen-bond acceptors (Lipinski definition) is 1. The SMILES string of the molecule is CCCCCCCCOc1ccc(-c2ccc(-c3ccc(-c4ccc(CCCCC)cc4)cc3)cc2Cl)cc1. The van der Waals surface area contributed by atoms with Gasteiger partial charge in [0, 0.05) is 10.6 Å². The highest BCUT2D eigenvalue weighted by molar-refractivity contribution is 6.33. The number of hydrogen-bond donors (Lipinski definition) is 0. The molecule has 1 nitrogen and oxygen atoms in total. The fourth-order valence-corrected chi connectivity index (χ4v) is 5.32. The molecule has 0 spiro atoms. The minimum absolute atomic E-state index is 0.760. The lowest BCUT2D eigenvalue weighted by atomic mass is 9.97. The van der Waals surface area contributed by atoms with Crippen LogP contribution in [0.1, 0.15) is 77.2 Å². The molecule has 39 heavy (non-hydrogen) atoms. The number of rotatable bonds is 15. The molecule has 0 amide bonds. The highest BCUT2D eigenvalue weighted by atomic mass is 35.5. The molecule has 0 saturated heterocycles. The van der Waals surface area contributed by atoms with Gasteiger partial charge in [0.05, 0.1) is 6.61 Å². The first kappa shape index (κ1) is 29.0. The normalized spacial score (nSPS) is 11.1. The zero-order chi connectivity index (χ0) is 27.3. The van der Waals surface area contributed by atoms with Crippen molar-refractivity contribution >= 4 is 11.6 Å². The van der Waals surface area contributed by atoms with Crippen molar-refractivity contribution in [1.82, 2.24) is 0 Å². The monoisotopic (exact) mass is 538 g/mol. The van der Waals surface area contributed by atoms with Crippen LogP contribution in [-0.4, -0.2) is 6.61 Å². The molecule has 0 fully saturated rings. The molecule has 0 radical (unpaired) electrons. The van der Waals surface area contributed by atoms with E-state index in [0.717, 1.165) is 40.5 Å². The van der Waals surface area contributed by atoms with Crippen LogP contribution in [0.4, 0.5) is 0 Å². The molecule has 2 heteroatoms. The molecule has 0 aliphatic heterocycles. The Morgan fingerprint density at radius 3 is 1.67 bits per heavy atom. The number of halogens is 1. The van der Waals surface area contributed by atoms with E-state index in [1.165, 1.54) is 80.0 Å². The van der Waals surface area contributed by atoms with Crippen LogP contribution in [0.25, 0.3) is 33.4 Å².